The Morgan fingerprint density at radius 1 is 1.19 bits per heavy atom. The zero-order valence-corrected chi connectivity index (χ0v) is 15.0. The molecule has 1 aliphatic rings. The Morgan fingerprint density at radius 3 is 2.65 bits per heavy atom. The third-order valence-corrected chi connectivity index (χ3v) is 4.20. The van der Waals surface area contributed by atoms with Gasteiger partial charge in [-0.05, 0) is 37.1 Å². The summed E-state index contributed by atoms with van der Waals surface area (Å²) in [7, 11) is 3.11. The highest BCUT2D eigenvalue weighted by Crippen LogP contribution is 2.29. The minimum Gasteiger partial charge on any atom is -0.493 e. The lowest BCUT2D eigenvalue weighted by Crippen LogP contribution is -2.19. The molecule has 0 aliphatic carbocycles. The van der Waals surface area contributed by atoms with Crippen LogP contribution in [0.5, 0.6) is 11.5 Å². The van der Waals surface area contributed by atoms with Gasteiger partial charge < -0.3 is 24.8 Å². The van der Waals surface area contributed by atoms with E-state index >= 15 is 0 Å². The quantitative estimate of drug-likeness (QED) is 0.793. The molecule has 7 heteroatoms. The molecular weight excluding hydrogens is 334 g/mol. The van der Waals surface area contributed by atoms with Crippen molar-refractivity contribution in [2.24, 2.45) is 0 Å². The topological polar surface area (TPSA) is 81.7 Å². The highest BCUT2D eigenvalue weighted by molar-refractivity contribution is 6.03. The molecule has 2 heterocycles. The highest BCUT2D eigenvalue weighted by atomic mass is 16.5. The lowest BCUT2D eigenvalue weighted by atomic mass is 10.2. The molecule has 1 unspecified atom stereocenters. The van der Waals surface area contributed by atoms with Crippen molar-refractivity contribution >= 4 is 17.3 Å². The molecule has 1 atom stereocenters. The van der Waals surface area contributed by atoms with Gasteiger partial charge in [-0.15, -0.1) is 0 Å². The van der Waals surface area contributed by atoms with Crippen molar-refractivity contribution < 1.29 is 19.0 Å². The fourth-order valence-electron chi connectivity index (χ4n) is 2.78. The number of rotatable bonds is 7. The molecule has 0 radical (unpaired) electrons. The normalized spacial score (nSPS) is 16.2. The Balaban J connectivity index is 1.59. The molecule has 0 bridgehead atoms. The second-order valence-electron chi connectivity index (χ2n) is 5.97. The number of carbonyl (C=O) groups is 1. The molecular formula is C19H23N3O4. The van der Waals surface area contributed by atoms with E-state index < -0.39 is 0 Å². The Morgan fingerprint density at radius 2 is 2.00 bits per heavy atom. The van der Waals surface area contributed by atoms with Crippen molar-refractivity contribution in [1.29, 1.82) is 0 Å². The van der Waals surface area contributed by atoms with E-state index in [2.05, 4.69) is 15.6 Å². The van der Waals surface area contributed by atoms with Crippen LogP contribution in [0.1, 0.15) is 23.3 Å². The van der Waals surface area contributed by atoms with Crippen LogP contribution in [0.2, 0.25) is 0 Å². The summed E-state index contributed by atoms with van der Waals surface area (Å²) in [5, 5.41) is 6.08. The van der Waals surface area contributed by atoms with Crippen molar-refractivity contribution in [3.8, 4) is 11.5 Å². The molecule has 1 aromatic heterocycles. The molecule has 7 nitrogen and oxygen atoms in total. The van der Waals surface area contributed by atoms with Crippen molar-refractivity contribution in [3.63, 3.8) is 0 Å². The van der Waals surface area contributed by atoms with E-state index in [0.717, 1.165) is 31.7 Å². The van der Waals surface area contributed by atoms with Gasteiger partial charge in [-0.2, -0.15) is 0 Å². The van der Waals surface area contributed by atoms with E-state index in [4.69, 9.17) is 14.2 Å². The van der Waals surface area contributed by atoms with E-state index in [1.54, 1.807) is 44.7 Å². The number of amides is 1. The van der Waals surface area contributed by atoms with Gasteiger partial charge in [0.25, 0.3) is 5.91 Å². The number of carbonyl (C=O) groups excluding carboxylic acids is 1. The first-order valence-corrected chi connectivity index (χ1v) is 8.54. The molecule has 1 aromatic carbocycles. The van der Waals surface area contributed by atoms with E-state index in [9.17, 15) is 4.79 Å². The summed E-state index contributed by atoms with van der Waals surface area (Å²) in [6, 6.07) is 8.71. The number of hydrogen-bond donors (Lipinski definition) is 2. The molecule has 0 spiro atoms. The zero-order valence-electron chi connectivity index (χ0n) is 15.0. The van der Waals surface area contributed by atoms with E-state index in [-0.39, 0.29) is 12.0 Å². The fourth-order valence-corrected chi connectivity index (χ4v) is 2.78. The third-order valence-electron chi connectivity index (χ3n) is 4.20. The van der Waals surface area contributed by atoms with Crippen LogP contribution in [0.4, 0.5) is 11.4 Å². The third kappa shape index (κ3) is 4.43. The lowest BCUT2D eigenvalue weighted by molar-refractivity contribution is 0.102. The monoisotopic (exact) mass is 357 g/mol. The number of hydrogen-bond acceptors (Lipinski definition) is 6. The second-order valence-corrected chi connectivity index (χ2v) is 5.97. The molecule has 0 saturated carbocycles. The van der Waals surface area contributed by atoms with Crippen molar-refractivity contribution in [2.45, 2.75) is 18.9 Å². The number of nitrogens with zero attached hydrogens (tertiary/aromatic N) is 1. The first-order valence-electron chi connectivity index (χ1n) is 8.54. The zero-order chi connectivity index (χ0) is 18.4. The van der Waals surface area contributed by atoms with Crippen LogP contribution in [-0.4, -0.2) is 44.4 Å². The molecule has 1 amide bonds. The molecule has 2 N–H and O–H groups in total. The van der Waals surface area contributed by atoms with Crippen LogP contribution < -0.4 is 20.1 Å². The highest BCUT2D eigenvalue weighted by Gasteiger charge is 2.15. The van der Waals surface area contributed by atoms with Crippen LogP contribution in [-0.2, 0) is 4.74 Å². The molecule has 138 valence electrons. The first-order chi connectivity index (χ1) is 12.7. The van der Waals surface area contributed by atoms with Crippen LogP contribution >= 0.6 is 0 Å². The second kappa shape index (κ2) is 8.53. The minimum absolute atomic E-state index is 0.253. The Labute approximate surface area is 152 Å². The van der Waals surface area contributed by atoms with Crippen LogP contribution in [0, 0.1) is 0 Å². The number of methoxy groups -OCH3 is 2. The Kier molecular flexibility index (Phi) is 5.91. The maximum absolute atomic E-state index is 12.4. The number of ether oxygens (including phenoxy) is 3. The Bertz CT molecular complexity index is 743. The summed E-state index contributed by atoms with van der Waals surface area (Å²) >= 11 is 0. The van der Waals surface area contributed by atoms with Gasteiger partial charge in [0, 0.05) is 24.9 Å². The van der Waals surface area contributed by atoms with Gasteiger partial charge in [-0.1, -0.05) is 0 Å². The summed E-state index contributed by atoms with van der Waals surface area (Å²) in [4.78, 5) is 16.6. The predicted molar refractivity (Wildman–Crippen MR) is 99.2 cm³/mol. The lowest BCUT2D eigenvalue weighted by Gasteiger charge is -2.12. The van der Waals surface area contributed by atoms with Gasteiger partial charge in [0.05, 0.1) is 32.2 Å². The summed E-state index contributed by atoms with van der Waals surface area (Å²) in [5.41, 5.74) is 1.81. The number of benzene rings is 1. The molecule has 26 heavy (non-hydrogen) atoms. The summed E-state index contributed by atoms with van der Waals surface area (Å²) in [6.45, 7) is 1.58. The number of nitrogens with one attached hydrogen (secondary N) is 2. The van der Waals surface area contributed by atoms with Gasteiger partial charge in [-0.3, -0.25) is 4.79 Å². The average Bonchev–Trinajstić information content (AvgIpc) is 3.20. The van der Waals surface area contributed by atoms with Crippen LogP contribution in [0.25, 0.3) is 0 Å². The number of anilines is 2. The number of pyridine rings is 1. The van der Waals surface area contributed by atoms with Gasteiger partial charge in [0.2, 0.25) is 0 Å². The van der Waals surface area contributed by atoms with E-state index in [0.29, 0.717) is 22.9 Å². The van der Waals surface area contributed by atoms with Crippen molar-refractivity contribution in [3.05, 3.63) is 42.2 Å². The Hall–Kier alpha value is -2.80. The maximum Gasteiger partial charge on any atom is 0.274 e. The molecule has 1 saturated heterocycles. The molecule has 1 fully saturated rings. The SMILES string of the molecule is COc1ccc(NC(=O)c2ccc(NCC3CCCO3)cn2)cc1OC. The summed E-state index contributed by atoms with van der Waals surface area (Å²) in [6.07, 6.45) is 4.09. The van der Waals surface area contributed by atoms with Gasteiger partial charge in [0.1, 0.15) is 5.69 Å². The van der Waals surface area contributed by atoms with Crippen molar-refractivity contribution in [1.82, 2.24) is 4.98 Å². The van der Waals surface area contributed by atoms with Crippen molar-refractivity contribution in [2.75, 3.05) is 38.0 Å². The number of aromatic nitrogens is 1. The predicted octanol–water partition coefficient (Wildman–Crippen LogP) is 2.94. The maximum atomic E-state index is 12.4. The summed E-state index contributed by atoms with van der Waals surface area (Å²) < 4.78 is 16.0. The standard InChI is InChI=1S/C19H23N3O4/c1-24-17-8-6-13(10-18(17)25-2)22-19(23)16-7-5-14(11-21-16)20-12-15-4-3-9-26-15/h5-8,10-11,15,20H,3-4,9,12H2,1-2H3,(H,22,23). The summed E-state index contributed by atoms with van der Waals surface area (Å²) in [5.74, 6) is 0.861. The first kappa shape index (κ1) is 18.0. The van der Waals surface area contributed by atoms with Crippen LogP contribution in [0.15, 0.2) is 36.5 Å². The molecule has 3 rings (SSSR count). The molecule has 2 aromatic rings. The fraction of sp³-hybridized carbons (Fsp3) is 0.368. The molecule has 1 aliphatic heterocycles. The smallest absolute Gasteiger partial charge is 0.274 e. The minimum atomic E-state index is -0.289. The van der Waals surface area contributed by atoms with Crippen LogP contribution in [0.3, 0.4) is 0 Å². The van der Waals surface area contributed by atoms with E-state index in [1.165, 1.54) is 0 Å². The van der Waals surface area contributed by atoms with Gasteiger partial charge >= 0.3 is 0 Å². The average molecular weight is 357 g/mol. The van der Waals surface area contributed by atoms with Gasteiger partial charge in [-0.25, -0.2) is 4.98 Å². The van der Waals surface area contributed by atoms with E-state index in [1.807, 2.05) is 6.07 Å². The van der Waals surface area contributed by atoms with Gasteiger partial charge in [0.15, 0.2) is 11.5 Å². The largest absolute Gasteiger partial charge is 0.493 e.